The van der Waals surface area contributed by atoms with Crippen molar-refractivity contribution in [1.29, 1.82) is 0 Å². The van der Waals surface area contributed by atoms with E-state index in [1.165, 1.54) is 0 Å². The van der Waals surface area contributed by atoms with Gasteiger partial charge in [0, 0.05) is 11.1 Å². The van der Waals surface area contributed by atoms with Crippen molar-refractivity contribution in [2.45, 2.75) is 32.1 Å². The summed E-state index contributed by atoms with van der Waals surface area (Å²) < 4.78 is 0. The number of hydrogen-bond donors (Lipinski definition) is 2. The van der Waals surface area contributed by atoms with Gasteiger partial charge in [-0.2, -0.15) is 15.4 Å². The molecule has 16 heavy (non-hydrogen) atoms. The molecule has 0 bridgehead atoms. The molecule has 0 radical (unpaired) electrons. The lowest BCUT2D eigenvalue weighted by Crippen LogP contribution is -2.28. The number of aromatic nitrogens is 3. The molecule has 4 nitrogen and oxygen atoms in total. The second kappa shape index (κ2) is 4.12. The SMILES string of the molecule is CC(C)CC1(c2cn[nH]n2)C=CC(N)=CC1. The Hall–Kier alpha value is -1.58. The van der Waals surface area contributed by atoms with Crippen LogP contribution < -0.4 is 5.73 Å². The van der Waals surface area contributed by atoms with E-state index in [-0.39, 0.29) is 5.41 Å². The highest BCUT2D eigenvalue weighted by atomic mass is 15.3. The largest absolute Gasteiger partial charge is 0.399 e. The van der Waals surface area contributed by atoms with E-state index in [2.05, 4.69) is 41.4 Å². The number of nitrogens with one attached hydrogen (secondary N) is 1. The summed E-state index contributed by atoms with van der Waals surface area (Å²) in [7, 11) is 0. The van der Waals surface area contributed by atoms with Gasteiger partial charge in [-0.15, -0.1) is 0 Å². The van der Waals surface area contributed by atoms with Gasteiger partial charge in [-0.1, -0.05) is 26.0 Å². The van der Waals surface area contributed by atoms with Crippen molar-refractivity contribution in [3.8, 4) is 0 Å². The van der Waals surface area contributed by atoms with Gasteiger partial charge in [-0.05, 0) is 24.8 Å². The molecule has 4 heteroatoms. The second-order valence-corrected chi connectivity index (χ2v) is 4.85. The Bertz CT molecular complexity index is 403. The van der Waals surface area contributed by atoms with E-state index in [0.29, 0.717) is 5.92 Å². The van der Waals surface area contributed by atoms with Crippen LogP contribution >= 0.6 is 0 Å². The molecule has 0 amide bonds. The van der Waals surface area contributed by atoms with E-state index in [1.807, 2.05) is 12.3 Å². The van der Waals surface area contributed by atoms with Crippen molar-refractivity contribution in [2.24, 2.45) is 11.7 Å². The summed E-state index contributed by atoms with van der Waals surface area (Å²) in [5, 5.41) is 10.8. The molecular formula is C12H18N4. The van der Waals surface area contributed by atoms with Crippen LogP contribution in [0.5, 0.6) is 0 Å². The molecule has 1 unspecified atom stereocenters. The molecule has 86 valence electrons. The Labute approximate surface area is 95.6 Å². The lowest BCUT2D eigenvalue weighted by atomic mass is 9.73. The third-order valence-corrected chi connectivity index (χ3v) is 2.99. The molecule has 0 saturated heterocycles. The maximum Gasteiger partial charge on any atom is 0.0927 e. The van der Waals surface area contributed by atoms with Crippen LogP contribution in [0.25, 0.3) is 0 Å². The predicted molar refractivity (Wildman–Crippen MR) is 63.5 cm³/mol. The highest BCUT2D eigenvalue weighted by Gasteiger charge is 2.33. The Morgan fingerprint density at radius 3 is 2.88 bits per heavy atom. The van der Waals surface area contributed by atoms with Gasteiger partial charge >= 0.3 is 0 Å². The van der Waals surface area contributed by atoms with Crippen LogP contribution in [0.3, 0.4) is 0 Å². The van der Waals surface area contributed by atoms with E-state index in [0.717, 1.165) is 24.2 Å². The molecule has 2 rings (SSSR count). The maximum absolute atomic E-state index is 5.77. The Kier molecular flexibility index (Phi) is 2.81. The van der Waals surface area contributed by atoms with Gasteiger partial charge in [-0.25, -0.2) is 0 Å². The normalized spacial score (nSPS) is 24.8. The quantitative estimate of drug-likeness (QED) is 0.814. The number of nitrogens with two attached hydrogens (primary N) is 1. The van der Waals surface area contributed by atoms with Gasteiger partial charge in [0.05, 0.1) is 11.9 Å². The highest BCUT2D eigenvalue weighted by molar-refractivity contribution is 5.33. The monoisotopic (exact) mass is 218 g/mol. The van der Waals surface area contributed by atoms with Crippen molar-refractivity contribution < 1.29 is 0 Å². The predicted octanol–water partition coefficient (Wildman–Crippen LogP) is 1.89. The first-order chi connectivity index (χ1) is 7.62. The molecule has 1 atom stereocenters. The van der Waals surface area contributed by atoms with E-state index < -0.39 is 0 Å². The number of aromatic amines is 1. The van der Waals surface area contributed by atoms with E-state index >= 15 is 0 Å². The average molecular weight is 218 g/mol. The van der Waals surface area contributed by atoms with Crippen LogP contribution in [0, 0.1) is 5.92 Å². The van der Waals surface area contributed by atoms with Crippen molar-refractivity contribution in [1.82, 2.24) is 15.4 Å². The Morgan fingerprint density at radius 2 is 2.38 bits per heavy atom. The number of rotatable bonds is 3. The van der Waals surface area contributed by atoms with Crippen LogP contribution in [0.4, 0.5) is 0 Å². The van der Waals surface area contributed by atoms with Crippen LogP contribution in [0.2, 0.25) is 0 Å². The molecule has 1 aromatic heterocycles. The molecule has 1 heterocycles. The zero-order valence-corrected chi connectivity index (χ0v) is 9.77. The molecule has 3 N–H and O–H groups in total. The van der Waals surface area contributed by atoms with Gasteiger partial charge in [0.25, 0.3) is 0 Å². The van der Waals surface area contributed by atoms with E-state index in [9.17, 15) is 0 Å². The smallest absolute Gasteiger partial charge is 0.0927 e. The third kappa shape index (κ3) is 2.01. The van der Waals surface area contributed by atoms with Crippen molar-refractivity contribution in [2.75, 3.05) is 0 Å². The third-order valence-electron chi connectivity index (χ3n) is 2.99. The highest BCUT2D eigenvalue weighted by Crippen LogP contribution is 2.37. The van der Waals surface area contributed by atoms with Crippen LogP contribution in [-0.4, -0.2) is 15.4 Å². The first kappa shape index (κ1) is 10.9. The summed E-state index contributed by atoms with van der Waals surface area (Å²) in [6.45, 7) is 4.44. The molecule has 0 fully saturated rings. The minimum Gasteiger partial charge on any atom is -0.399 e. The van der Waals surface area contributed by atoms with Crippen molar-refractivity contribution in [3.05, 3.63) is 35.8 Å². The fourth-order valence-electron chi connectivity index (χ4n) is 2.31. The van der Waals surface area contributed by atoms with Crippen LogP contribution in [-0.2, 0) is 5.41 Å². The van der Waals surface area contributed by atoms with Gasteiger partial charge in [0.15, 0.2) is 0 Å². The van der Waals surface area contributed by atoms with E-state index in [1.54, 1.807) is 0 Å². The standard InChI is InChI=1S/C12H18N4/c1-9(2)7-12(11-8-14-16-15-11)5-3-10(13)4-6-12/h3-5,8-9H,6-7,13H2,1-2H3,(H,14,15,16). The molecule has 1 aliphatic carbocycles. The molecular weight excluding hydrogens is 200 g/mol. The maximum atomic E-state index is 5.77. The fraction of sp³-hybridized carbons (Fsp3) is 0.500. The zero-order valence-electron chi connectivity index (χ0n) is 9.77. The number of H-pyrrole nitrogens is 1. The molecule has 1 aliphatic rings. The molecule has 1 aromatic rings. The number of allylic oxidation sites excluding steroid dienone is 3. The number of hydrogen-bond acceptors (Lipinski definition) is 3. The average Bonchev–Trinajstić information content (AvgIpc) is 2.75. The van der Waals surface area contributed by atoms with Crippen molar-refractivity contribution >= 4 is 0 Å². The minimum absolute atomic E-state index is 0.0377. The second-order valence-electron chi connectivity index (χ2n) is 4.85. The van der Waals surface area contributed by atoms with Gasteiger partial charge in [-0.3, -0.25) is 0 Å². The first-order valence-electron chi connectivity index (χ1n) is 5.63. The molecule has 0 spiro atoms. The van der Waals surface area contributed by atoms with Crippen LogP contribution in [0.1, 0.15) is 32.4 Å². The fourth-order valence-corrected chi connectivity index (χ4v) is 2.31. The summed E-state index contributed by atoms with van der Waals surface area (Å²) in [6.07, 6.45) is 9.97. The molecule has 0 aliphatic heterocycles. The van der Waals surface area contributed by atoms with E-state index in [4.69, 9.17) is 5.73 Å². The minimum atomic E-state index is -0.0377. The summed E-state index contributed by atoms with van der Waals surface area (Å²) >= 11 is 0. The summed E-state index contributed by atoms with van der Waals surface area (Å²) in [5.74, 6) is 0.606. The number of nitrogens with zero attached hydrogens (tertiary/aromatic N) is 2. The lowest BCUT2D eigenvalue weighted by Gasteiger charge is -2.31. The van der Waals surface area contributed by atoms with Gasteiger partial charge < -0.3 is 5.73 Å². The van der Waals surface area contributed by atoms with Crippen molar-refractivity contribution in [3.63, 3.8) is 0 Å². The van der Waals surface area contributed by atoms with Crippen LogP contribution in [0.15, 0.2) is 30.1 Å². The summed E-state index contributed by atoms with van der Waals surface area (Å²) in [4.78, 5) is 0. The topological polar surface area (TPSA) is 67.6 Å². The summed E-state index contributed by atoms with van der Waals surface area (Å²) in [6, 6.07) is 0. The van der Waals surface area contributed by atoms with Gasteiger partial charge in [0.2, 0.25) is 0 Å². The zero-order chi connectivity index (χ0) is 11.6. The Balaban J connectivity index is 2.32. The van der Waals surface area contributed by atoms with Gasteiger partial charge in [0.1, 0.15) is 0 Å². The molecule has 0 aromatic carbocycles. The molecule has 0 saturated carbocycles. The summed E-state index contributed by atoms with van der Waals surface area (Å²) in [5.41, 5.74) is 7.57. The first-order valence-corrected chi connectivity index (χ1v) is 5.63. The Morgan fingerprint density at radius 1 is 1.56 bits per heavy atom. The lowest BCUT2D eigenvalue weighted by molar-refractivity contribution is 0.399.